The molecule has 0 aromatic heterocycles. The lowest BCUT2D eigenvalue weighted by atomic mass is 10.0. The molecule has 6 nitrogen and oxygen atoms in total. The average Bonchev–Trinajstić information content (AvgIpc) is 2.98. The van der Waals surface area contributed by atoms with E-state index in [9.17, 15) is 19.8 Å². The Kier molecular flexibility index (Phi) is 11.2. The molecule has 0 bridgehead atoms. The van der Waals surface area contributed by atoms with Crippen LogP contribution in [-0.2, 0) is 19.1 Å². The van der Waals surface area contributed by atoms with Gasteiger partial charge in [0.2, 0.25) is 6.29 Å². The van der Waals surface area contributed by atoms with Gasteiger partial charge in [0.05, 0.1) is 7.11 Å². The topological polar surface area (TPSA) is 93.1 Å². The number of carbonyl (C=O) groups excluding carboxylic acids is 2. The number of hydrogen-bond donors (Lipinski definition) is 2. The molecular formula is C23H34O6. The summed E-state index contributed by atoms with van der Waals surface area (Å²) in [4.78, 5) is 22.3. The molecule has 0 spiro atoms. The number of rotatable bonds is 12. The summed E-state index contributed by atoms with van der Waals surface area (Å²) in [6.45, 7) is 6.12. The van der Waals surface area contributed by atoms with Gasteiger partial charge in [0, 0.05) is 18.1 Å². The van der Waals surface area contributed by atoms with Crippen LogP contribution < -0.4 is 0 Å². The van der Waals surface area contributed by atoms with Crippen LogP contribution in [0, 0.1) is 5.92 Å². The highest BCUT2D eigenvalue weighted by molar-refractivity contribution is 5.85. The van der Waals surface area contributed by atoms with Crippen molar-refractivity contribution in [1.29, 1.82) is 0 Å². The minimum atomic E-state index is -1.09. The number of aliphatic hydroxyl groups excluding tert-OH is 2. The average molecular weight is 407 g/mol. The first kappa shape index (κ1) is 24.9. The Bertz CT molecular complexity index is 671. The summed E-state index contributed by atoms with van der Waals surface area (Å²) in [6, 6.07) is 0. The number of ether oxygens (including phenoxy) is 2. The fourth-order valence-corrected chi connectivity index (χ4v) is 3.00. The molecule has 0 saturated carbocycles. The van der Waals surface area contributed by atoms with E-state index in [0.717, 1.165) is 31.3 Å². The Labute approximate surface area is 173 Å². The summed E-state index contributed by atoms with van der Waals surface area (Å²) in [5, 5.41) is 19.2. The third-order valence-electron chi connectivity index (χ3n) is 4.81. The molecule has 162 valence electrons. The predicted octanol–water partition coefficient (Wildman–Crippen LogP) is 3.75. The number of esters is 2. The van der Waals surface area contributed by atoms with Crippen LogP contribution >= 0.6 is 0 Å². The van der Waals surface area contributed by atoms with Crippen LogP contribution in [0.2, 0.25) is 0 Å². The van der Waals surface area contributed by atoms with Crippen molar-refractivity contribution in [1.82, 2.24) is 0 Å². The summed E-state index contributed by atoms with van der Waals surface area (Å²) >= 11 is 0. The first-order valence-corrected chi connectivity index (χ1v) is 10.1. The molecule has 29 heavy (non-hydrogen) atoms. The molecule has 0 saturated heterocycles. The third kappa shape index (κ3) is 10.2. The number of carbonyl (C=O) groups is 2. The van der Waals surface area contributed by atoms with Crippen molar-refractivity contribution in [2.75, 3.05) is 7.11 Å². The van der Waals surface area contributed by atoms with Gasteiger partial charge in [-0.05, 0) is 51.9 Å². The van der Waals surface area contributed by atoms with Crippen LogP contribution in [0.25, 0.3) is 0 Å². The van der Waals surface area contributed by atoms with Gasteiger partial charge in [-0.15, -0.1) is 0 Å². The van der Waals surface area contributed by atoms with Crippen LogP contribution in [0.5, 0.6) is 0 Å². The number of allylic oxidation sites excluding steroid dienone is 5. The Morgan fingerprint density at radius 1 is 1.34 bits per heavy atom. The van der Waals surface area contributed by atoms with E-state index in [1.807, 2.05) is 6.92 Å². The molecule has 0 aromatic carbocycles. The highest BCUT2D eigenvalue weighted by Crippen LogP contribution is 2.20. The fourth-order valence-electron chi connectivity index (χ4n) is 3.00. The highest BCUT2D eigenvalue weighted by Gasteiger charge is 2.22. The number of aliphatic hydroxyl groups is 2. The van der Waals surface area contributed by atoms with Crippen molar-refractivity contribution in [3.8, 4) is 0 Å². The van der Waals surface area contributed by atoms with Crippen molar-refractivity contribution in [2.45, 2.75) is 71.7 Å². The number of methoxy groups -OCH3 is 1. The van der Waals surface area contributed by atoms with Crippen molar-refractivity contribution >= 4 is 11.9 Å². The monoisotopic (exact) mass is 406 g/mol. The molecule has 1 rings (SSSR count). The maximum atomic E-state index is 11.2. The predicted molar refractivity (Wildman–Crippen MR) is 112 cm³/mol. The second kappa shape index (κ2) is 13.1. The smallest absolute Gasteiger partial charge is 0.335 e. The Balaban J connectivity index is 2.28. The summed E-state index contributed by atoms with van der Waals surface area (Å²) in [6.07, 6.45) is 12.1. The van der Waals surface area contributed by atoms with E-state index in [0.29, 0.717) is 24.3 Å². The van der Waals surface area contributed by atoms with E-state index >= 15 is 0 Å². The standard InChI is InChI=1S/C23H34O6/c1-16(10-6-12-18(3)14-20(24)23(27)28-4)8-5-9-17(2)11-7-13-19-15-21(25)29-22(19)26/h5,8-9,12,15-16,20,22,24,26H,6-7,10-11,13-14H2,1-4H3. The Morgan fingerprint density at radius 3 is 2.69 bits per heavy atom. The molecule has 1 aliphatic heterocycles. The first-order chi connectivity index (χ1) is 13.7. The van der Waals surface area contributed by atoms with Gasteiger partial charge in [0.15, 0.2) is 6.10 Å². The highest BCUT2D eigenvalue weighted by atomic mass is 16.6. The van der Waals surface area contributed by atoms with E-state index in [4.69, 9.17) is 0 Å². The van der Waals surface area contributed by atoms with Crippen molar-refractivity contribution in [2.24, 2.45) is 5.92 Å². The van der Waals surface area contributed by atoms with Gasteiger partial charge in [0.25, 0.3) is 0 Å². The van der Waals surface area contributed by atoms with Crippen molar-refractivity contribution in [3.05, 3.63) is 47.1 Å². The molecule has 3 unspecified atom stereocenters. The first-order valence-electron chi connectivity index (χ1n) is 10.1. The summed E-state index contributed by atoms with van der Waals surface area (Å²) in [5.74, 6) is -0.661. The van der Waals surface area contributed by atoms with Gasteiger partial charge < -0.3 is 19.7 Å². The number of cyclic esters (lactones) is 1. The normalized spacial score (nSPS) is 19.9. The van der Waals surface area contributed by atoms with E-state index in [-0.39, 0.29) is 0 Å². The minimum Gasteiger partial charge on any atom is -0.467 e. The molecule has 3 atom stereocenters. The van der Waals surface area contributed by atoms with Crippen LogP contribution in [0.1, 0.15) is 59.3 Å². The molecular weight excluding hydrogens is 372 g/mol. The zero-order chi connectivity index (χ0) is 21.8. The lowest BCUT2D eigenvalue weighted by molar-refractivity contribution is -0.151. The van der Waals surface area contributed by atoms with Crippen LogP contribution in [0.4, 0.5) is 0 Å². The van der Waals surface area contributed by atoms with Gasteiger partial charge in [-0.25, -0.2) is 9.59 Å². The second-order valence-corrected chi connectivity index (χ2v) is 7.61. The molecule has 1 heterocycles. The fraction of sp³-hybridized carbons (Fsp3) is 0.565. The van der Waals surface area contributed by atoms with E-state index in [2.05, 4.69) is 47.6 Å². The largest absolute Gasteiger partial charge is 0.467 e. The maximum Gasteiger partial charge on any atom is 0.335 e. The zero-order valence-corrected chi connectivity index (χ0v) is 17.9. The van der Waals surface area contributed by atoms with E-state index in [1.165, 1.54) is 18.8 Å². The molecule has 1 aliphatic rings. The third-order valence-corrected chi connectivity index (χ3v) is 4.81. The zero-order valence-electron chi connectivity index (χ0n) is 17.9. The van der Waals surface area contributed by atoms with Crippen LogP contribution in [0.15, 0.2) is 47.1 Å². The summed E-state index contributed by atoms with van der Waals surface area (Å²) in [7, 11) is 1.27. The van der Waals surface area contributed by atoms with Gasteiger partial charge >= 0.3 is 11.9 Å². The van der Waals surface area contributed by atoms with E-state index < -0.39 is 24.3 Å². The lowest BCUT2D eigenvalue weighted by Crippen LogP contribution is -2.21. The van der Waals surface area contributed by atoms with Crippen molar-refractivity contribution in [3.63, 3.8) is 0 Å². The van der Waals surface area contributed by atoms with Gasteiger partial charge in [-0.3, -0.25) is 0 Å². The van der Waals surface area contributed by atoms with Crippen molar-refractivity contribution < 1.29 is 29.3 Å². The minimum absolute atomic E-state index is 0.299. The summed E-state index contributed by atoms with van der Waals surface area (Å²) < 4.78 is 9.18. The lowest BCUT2D eigenvalue weighted by Gasteiger charge is -2.09. The summed E-state index contributed by atoms with van der Waals surface area (Å²) in [5.41, 5.74) is 2.86. The van der Waals surface area contributed by atoms with Crippen LogP contribution in [0.3, 0.4) is 0 Å². The van der Waals surface area contributed by atoms with Gasteiger partial charge in [0.1, 0.15) is 0 Å². The second-order valence-electron chi connectivity index (χ2n) is 7.61. The Hall–Kier alpha value is -2.18. The van der Waals surface area contributed by atoms with Crippen LogP contribution in [-0.4, -0.2) is 41.7 Å². The molecule has 0 aromatic rings. The molecule has 2 N–H and O–H groups in total. The maximum absolute atomic E-state index is 11.2. The van der Waals surface area contributed by atoms with Gasteiger partial charge in [-0.2, -0.15) is 0 Å². The molecule has 0 amide bonds. The Morgan fingerprint density at radius 2 is 2.07 bits per heavy atom. The number of hydrogen-bond acceptors (Lipinski definition) is 6. The molecule has 0 radical (unpaired) electrons. The van der Waals surface area contributed by atoms with E-state index in [1.54, 1.807) is 0 Å². The SMILES string of the molecule is COC(=O)C(O)CC(C)=CCCC(C)C=CC=C(C)CCCC1=CC(=O)OC1O. The molecule has 0 fully saturated rings. The molecule has 0 aliphatic carbocycles. The molecule has 6 heteroatoms. The van der Waals surface area contributed by atoms with Gasteiger partial charge in [-0.1, -0.05) is 42.4 Å². The quantitative estimate of drug-likeness (QED) is 0.291.